The molecular weight excluding hydrogens is 236 g/mol. The molecular formula is C16H36OSi. The van der Waals surface area contributed by atoms with E-state index in [1.807, 2.05) is 7.11 Å². The Bertz CT molecular complexity index is 199. The first kappa shape index (κ1) is 18.2. The van der Waals surface area contributed by atoms with Crippen LogP contribution >= 0.6 is 0 Å². The Labute approximate surface area is 117 Å². The van der Waals surface area contributed by atoms with Gasteiger partial charge in [0.2, 0.25) is 8.32 Å². The van der Waals surface area contributed by atoms with Gasteiger partial charge in [0.1, 0.15) is 0 Å². The molecule has 0 bridgehead atoms. The Morgan fingerprint density at radius 2 is 0.778 bits per heavy atom. The van der Waals surface area contributed by atoms with Crippen LogP contribution in [0.15, 0.2) is 0 Å². The maximum Gasteiger partial charge on any atom is 0.201 e. The monoisotopic (exact) mass is 272 g/mol. The molecule has 0 heterocycles. The normalized spacial score (nSPS) is 21.2. The van der Waals surface area contributed by atoms with Gasteiger partial charge in [-0.1, -0.05) is 62.3 Å². The first-order chi connectivity index (χ1) is 8.12. The molecule has 0 radical (unpaired) electrons. The molecule has 0 saturated carbocycles. The Hall–Kier alpha value is 0.177. The van der Waals surface area contributed by atoms with Crippen molar-refractivity contribution >= 4 is 8.32 Å². The highest BCUT2D eigenvalue weighted by molar-refractivity contribution is 6.78. The first-order valence-electron chi connectivity index (χ1n) is 7.67. The van der Waals surface area contributed by atoms with E-state index in [-0.39, 0.29) is 0 Å². The molecule has 0 aliphatic rings. The molecule has 0 aliphatic carbocycles. The van der Waals surface area contributed by atoms with Crippen LogP contribution in [0.2, 0.25) is 16.6 Å². The molecule has 1 nitrogen and oxygen atoms in total. The topological polar surface area (TPSA) is 9.23 Å². The van der Waals surface area contributed by atoms with Gasteiger partial charge in [-0.3, -0.25) is 0 Å². The molecule has 3 atom stereocenters. The maximum atomic E-state index is 6.35. The van der Waals surface area contributed by atoms with Crippen LogP contribution in [0.4, 0.5) is 0 Å². The van der Waals surface area contributed by atoms with Crippen LogP contribution in [-0.4, -0.2) is 15.4 Å². The lowest BCUT2D eigenvalue weighted by Gasteiger charge is -2.49. The highest BCUT2D eigenvalue weighted by Crippen LogP contribution is 2.50. The van der Waals surface area contributed by atoms with E-state index in [2.05, 4.69) is 62.3 Å². The van der Waals surface area contributed by atoms with Crippen molar-refractivity contribution in [1.29, 1.82) is 0 Å². The molecule has 2 heteroatoms. The summed E-state index contributed by atoms with van der Waals surface area (Å²) >= 11 is 0. The Balaban J connectivity index is 5.60. The fourth-order valence-electron chi connectivity index (χ4n) is 3.36. The fraction of sp³-hybridized carbons (Fsp3) is 1.00. The lowest BCUT2D eigenvalue weighted by molar-refractivity contribution is 0.310. The minimum Gasteiger partial charge on any atom is -0.419 e. The smallest absolute Gasteiger partial charge is 0.201 e. The molecule has 0 aromatic heterocycles. The quantitative estimate of drug-likeness (QED) is 0.539. The van der Waals surface area contributed by atoms with Crippen molar-refractivity contribution < 1.29 is 4.43 Å². The summed E-state index contributed by atoms with van der Waals surface area (Å²) in [5, 5.41) is 0. The molecule has 0 aromatic rings. The standard InChI is InChI=1S/C16H36OSi/c1-11(2)14(7)18(17-10,15(8)12(3)4)16(9)13(5)6/h11-16H,1-10H3. The van der Waals surface area contributed by atoms with Crippen LogP contribution in [0, 0.1) is 17.8 Å². The van der Waals surface area contributed by atoms with Crippen LogP contribution < -0.4 is 0 Å². The predicted molar refractivity (Wildman–Crippen MR) is 85.5 cm³/mol. The molecule has 0 aromatic carbocycles. The highest BCUT2D eigenvalue weighted by atomic mass is 28.4. The minimum atomic E-state index is -1.77. The molecule has 0 fully saturated rings. The van der Waals surface area contributed by atoms with E-state index in [9.17, 15) is 0 Å². The largest absolute Gasteiger partial charge is 0.419 e. The highest BCUT2D eigenvalue weighted by Gasteiger charge is 2.51. The van der Waals surface area contributed by atoms with Crippen molar-refractivity contribution in [2.24, 2.45) is 17.8 Å². The number of hydrogen-bond acceptors (Lipinski definition) is 1. The Morgan fingerprint density at radius 1 is 0.556 bits per heavy atom. The minimum absolute atomic E-state index is 0.706. The summed E-state index contributed by atoms with van der Waals surface area (Å²) in [6.45, 7) is 21.4. The zero-order valence-electron chi connectivity index (χ0n) is 14.4. The van der Waals surface area contributed by atoms with E-state index < -0.39 is 8.32 Å². The molecule has 0 N–H and O–H groups in total. The molecule has 0 saturated heterocycles. The second-order valence-electron chi connectivity index (χ2n) is 7.16. The molecule has 0 spiro atoms. The van der Waals surface area contributed by atoms with Crippen LogP contribution in [0.1, 0.15) is 62.3 Å². The summed E-state index contributed by atoms with van der Waals surface area (Å²) in [4.78, 5) is 0. The van der Waals surface area contributed by atoms with Crippen molar-refractivity contribution in [3.63, 3.8) is 0 Å². The van der Waals surface area contributed by atoms with Gasteiger partial charge in [0.05, 0.1) is 0 Å². The molecule has 18 heavy (non-hydrogen) atoms. The third kappa shape index (κ3) is 3.39. The summed E-state index contributed by atoms with van der Waals surface area (Å²) in [5.41, 5.74) is 2.12. The third-order valence-electron chi connectivity index (χ3n) is 5.49. The van der Waals surface area contributed by atoms with Crippen molar-refractivity contribution in [2.45, 2.75) is 78.9 Å². The van der Waals surface area contributed by atoms with Crippen molar-refractivity contribution in [1.82, 2.24) is 0 Å². The maximum absolute atomic E-state index is 6.35. The Morgan fingerprint density at radius 3 is 0.889 bits per heavy atom. The average Bonchev–Trinajstić information content (AvgIpc) is 2.29. The SMILES string of the molecule is CO[Si](C(C)C(C)C)(C(C)C(C)C)C(C)C(C)C. The van der Waals surface area contributed by atoms with Crippen LogP contribution in [0.5, 0.6) is 0 Å². The van der Waals surface area contributed by atoms with Crippen LogP contribution in [0.3, 0.4) is 0 Å². The first-order valence-corrected chi connectivity index (χ1v) is 9.81. The summed E-state index contributed by atoms with van der Waals surface area (Å²) in [6, 6.07) is 0. The summed E-state index contributed by atoms with van der Waals surface area (Å²) < 4.78 is 6.35. The van der Waals surface area contributed by atoms with Gasteiger partial charge in [0, 0.05) is 7.11 Å². The third-order valence-corrected chi connectivity index (χ3v) is 12.5. The molecule has 110 valence electrons. The van der Waals surface area contributed by atoms with Crippen LogP contribution in [0.25, 0.3) is 0 Å². The molecule has 0 rings (SSSR count). The van der Waals surface area contributed by atoms with Gasteiger partial charge in [0.25, 0.3) is 0 Å². The lowest BCUT2D eigenvalue weighted by Crippen LogP contribution is -2.53. The zero-order chi connectivity index (χ0) is 14.7. The van der Waals surface area contributed by atoms with Gasteiger partial charge in [-0.15, -0.1) is 0 Å². The van der Waals surface area contributed by atoms with Crippen molar-refractivity contribution in [3.05, 3.63) is 0 Å². The Kier molecular flexibility index (Phi) is 7.16. The molecule has 0 amide bonds. The van der Waals surface area contributed by atoms with Crippen LogP contribution in [-0.2, 0) is 4.43 Å². The fourth-order valence-corrected chi connectivity index (χ4v) is 10.1. The summed E-state index contributed by atoms with van der Waals surface area (Å²) in [6.07, 6.45) is 0. The van der Waals surface area contributed by atoms with Crippen molar-refractivity contribution in [2.75, 3.05) is 7.11 Å². The van der Waals surface area contributed by atoms with Crippen molar-refractivity contribution in [3.8, 4) is 0 Å². The number of rotatable bonds is 7. The lowest BCUT2D eigenvalue weighted by atomic mass is 10.1. The van der Waals surface area contributed by atoms with Gasteiger partial charge in [-0.25, -0.2) is 0 Å². The van der Waals surface area contributed by atoms with Gasteiger partial charge >= 0.3 is 0 Å². The average molecular weight is 273 g/mol. The van der Waals surface area contributed by atoms with E-state index in [0.717, 1.165) is 0 Å². The van der Waals surface area contributed by atoms with E-state index in [1.54, 1.807) is 0 Å². The van der Waals surface area contributed by atoms with E-state index in [1.165, 1.54) is 0 Å². The van der Waals surface area contributed by atoms with E-state index in [4.69, 9.17) is 4.43 Å². The van der Waals surface area contributed by atoms with E-state index in [0.29, 0.717) is 34.4 Å². The molecule has 0 aliphatic heterocycles. The summed E-state index contributed by atoms with van der Waals surface area (Å²) in [5.74, 6) is 2.12. The predicted octanol–water partition coefficient (Wildman–Crippen LogP) is 5.72. The second-order valence-corrected chi connectivity index (χ2v) is 12.0. The number of hydrogen-bond donors (Lipinski definition) is 0. The van der Waals surface area contributed by atoms with Gasteiger partial charge < -0.3 is 4.43 Å². The zero-order valence-corrected chi connectivity index (χ0v) is 15.4. The van der Waals surface area contributed by atoms with E-state index >= 15 is 0 Å². The second kappa shape index (κ2) is 7.09. The summed E-state index contributed by atoms with van der Waals surface area (Å²) in [7, 11) is 0.206. The molecule has 3 unspecified atom stereocenters. The van der Waals surface area contributed by atoms with Gasteiger partial charge in [-0.2, -0.15) is 0 Å². The van der Waals surface area contributed by atoms with Gasteiger partial charge in [-0.05, 0) is 34.4 Å². The van der Waals surface area contributed by atoms with Gasteiger partial charge in [0.15, 0.2) is 0 Å².